The number of ether oxygens (including phenoxy) is 1. The molecular weight excluding hydrogens is 312 g/mol. The smallest absolute Gasteiger partial charge is 0.120 e. The first-order valence-corrected chi connectivity index (χ1v) is 7.42. The molecule has 0 saturated carbocycles. The maximum absolute atomic E-state index is 10.3. The number of aliphatic hydroxyl groups excluding tert-OH is 1. The van der Waals surface area contributed by atoms with Crippen molar-refractivity contribution in [2.75, 3.05) is 0 Å². The third-order valence-corrected chi connectivity index (χ3v) is 3.97. The molecule has 96 valence electrons. The standard InChI is InChI=1S/C14H15BrO2S/c1-9(2)17-12-5-3-4-10(6-12)14(16)11-7-13(15)18-8-11/h3-9,14,16H,1-2H3. The lowest BCUT2D eigenvalue weighted by Gasteiger charge is -2.13. The fourth-order valence-corrected chi connectivity index (χ4v) is 2.88. The monoisotopic (exact) mass is 326 g/mol. The first-order valence-electron chi connectivity index (χ1n) is 5.75. The van der Waals surface area contributed by atoms with E-state index >= 15 is 0 Å². The van der Waals surface area contributed by atoms with Crippen LogP contribution in [0.5, 0.6) is 5.75 Å². The molecule has 0 saturated heterocycles. The summed E-state index contributed by atoms with van der Waals surface area (Å²) in [6, 6.07) is 9.53. The van der Waals surface area contributed by atoms with Gasteiger partial charge in [-0.3, -0.25) is 0 Å². The molecule has 0 amide bonds. The van der Waals surface area contributed by atoms with Crippen molar-refractivity contribution < 1.29 is 9.84 Å². The summed E-state index contributed by atoms with van der Waals surface area (Å²) < 4.78 is 6.65. The zero-order valence-corrected chi connectivity index (χ0v) is 12.7. The van der Waals surface area contributed by atoms with Crippen LogP contribution in [0, 0.1) is 0 Å². The molecule has 1 atom stereocenters. The minimum absolute atomic E-state index is 0.132. The van der Waals surface area contributed by atoms with Gasteiger partial charge >= 0.3 is 0 Å². The van der Waals surface area contributed by atoms with Crippen molar-refractivity contribution in [3.8, 4) is 5.75 Å². The fourth-order valence-electron chi connectivity index (χ4n) is 1.69. The molecule has 0 aliphatic rings. The number of aliphatic hydroxyl groups is 1. The third kappa shape index (κ3) is 3.34. The van der Waals surface area contributed by atoms with Crippen LogP contribution in [0.4, 0.5) is 0 Å². The van der Waals surface area contributed by atoms with Gasteiger partial charge in [0.05, 0.1) is 9.89 Å². The molecule has 2 nitrogen and oxygen atoms in total. The average Bonchev–Trinajstić information content (AvgIpc) is 2.74. The Kier molecular flexibility index (Phi) is 4.43. The van der Waals surface area contributed by atoms with E-state index in [-0.39, 0.29) is 6.10 Å². The molecule has 4 heteroatoms. The Labute approximate surface area is 119 Å². The number of hydrogen-bond donors (Lipinski definition) is 1. The highest BCUT2D eigenvalue weighted by Crippen LogP contribution is 2.30. The van der Waals surface area contributed by atoms with Gasteiger partial charge in [0.25, 0.3) is 0 Å². The summed E-state index contributed by atoms with van der Waals surface area (Å²) in [5.74, 6) is 0.788. The van der Waals surface area contributed by atoms with Gasteiger partial charge in [-0.15, -0.1) is 11.3 Å². The molecule has 1 aromatic carbocycles. The lowest BCUT2D eigenvalue weighted by molar-refractivity contribution is 0.217. The van der Waals surface area contributed by atoms with Crippen LogP contribution in [-0.2, 0) is 0 Å². The minimum atomic E-state index is -0.608. The van der Waals surface area contributed by atoms with Gasteiger partial charge in [0.2, 0.25) is 0 Å². The van der Waals surface area contributed by atoms with E-state index in [0.29, 0.717) is 0 Å². The summed E-state index contributed by atoms with van der Waals surface area (Å²) >= 11 is 4.97. The second-order valence-electron chi connectivity index (χ2n) is 4.33. The largest absolute Gasteiger partial charge is 0.491 e. The quantitative estimate of drug-likeness (QED) is 0.903. The zero-order chi connectivity index (χ0) is 13.1. The molecule has 2 aromatic rings. The average molecular weight is 327 g/mol. The van der Waals surface area contributed by atoms with Gasteiger partial charge in [-0.05, 0) is 64.5 Å². The van der Waals surface area contributed by atoms with E-state index in [1.807, 2.05) is 49.6 Å². The highest BCUT2D eigenvalue weighted by molar-refractivity contribution is 9.11. The molecule has 2 rings (SSSR count). The first-order chi connectivity index (χ1) is 8.56. The molecule has 1 unspecified atom stereocenters. The van der Waals surface area contributed by atoms with E-state index in [1.54, 1.807) is 11.3 Å². The van der Waals surface area contributed by atoms with Crippen LogP contribution in [0.2, 0.25) is 0 Å². The predicted molar refractivity (Wildman–Crippen MR) is 78.3 cm³/mol. The first kappa shape index (κ1) is 13.6. The summed E-state index contributed by atoms with van der Waals surface area (Å²) in [5, 5.41) is 12.2. The minimum Gasteiger partial charge on any atom is -0.491 e. The Bertz CT molecular complexity index is 522. The Morgan fingerprint density at radius 2 is 2.00 bits per heavy atom. The highest BCUT2D eigenvalue weighted by atomic mass is 79.9. The Morgan fingerprint density at radius 3 is 2.61 bits per heavy atom. The molecule has 0 bridgehead atoms. The SMILES string of the molecule is CC(C)Oc1cccc(C(O)c2csc(Br)c2)c1. The topological polar surface area (TPSA) is 29.5 Å². The van der Waals surface area contributed by atoms with E-state index in [1.165, 1.54) is 0 Å². The van der Waals surface area contributed by atoms with Gasteiger partial charge in [-0.2, -0.15) is 0 Å². The van der Waals surface area contributed by atoms with Gasteiger partial charge in [-0.1, -0.05) is 12.1 Å². The lowest BCUT2D eigenvalue weighted by atomic mass is 10.0. The van der Waals surface area contributed by atoms with E-state index in [0.717, 1.165) is 20.7 Å². The summed E-state index contributed by atoms with van der Waals surface area (Å²) in [5.41, 5.74) is 1.74. The molecule has 18 heavy (non-hydrogen) atoms. The van der Waals surface area contributed by atoms with E-state index in [2.05, 4.69) is 15.9 Å². The van der Waals surface area contributed by atoms with Gasteiger partial charge in [0.1, 0.15) is 11.9 Å². The molecule has 0 spiro atoms. The maximum atomic E-state index is 10.3. The van der Waals surface area contributed by atoms with Crippen LogP contribution in [0.1, 0.15) is 31.1 Å². The van der Waals surface area contributed by atoms with Crippen molar-refractivity contribution in [1.82, 2.24) is 0 Å². The van der Waals surface area contributed by atoms with E-state index in [4.69, 9.17) is 4.74 Å². The maximum Gasteiger partial charge on any atom is 0.120 e. The van der Waals surface area contributed by atoms with Gasteiger partial charge in [0, 0.05) is 0 Å². The van der Waals surface area contributed by atoms with E-state index < -0.39 is 6.10 Å². The Hall–Kier alpha value is -0.840. The second kappa shape index (κ2) is 5.87. The summed E-state index contributed by atoms with van der Waals surface area (Å²) in [6.07, 6.45) is -0.476. The third-order valence-electron chi connectivity index (χ3n) is 2.45. The van der Waals surface area contributed by atoms with Gasteiger partial charge < -0.3 is 9.84 Å². The second-order valence-corrected chi connectivity index (χ2v) is 6.62. The summed E-state index contributed by atoms with van der Waals surface area (Å²) in [6.45, 7) is 3.97. The normalized spacial score (nSPS) is 12.7. The van der Waals surface area contributed by atoms with Gasteiger partial charge in [-0.25, -0.2) is 0 Å². The van der Waals surface area contributed by atoms with Gasteiger partial charge in [0.15, 0.2) is 0 Å². The fraction of sp³-hybridized carbons (Fsp3) is 0.286. The number of halogens is 1. The number of thiophene rings is 1. The van der Waals surface area contributed by atoms with Crippen LogP contribution in [0.3, 0.4) is 0 Å². The molecule has 0 radical (unpaired) electrons. The summed E-state index contributed by atoms with van der Waals surface area (Å²) in [4.78, 5) is 0. The van der Waals surface area contributed by atoms with Crippen LogP contribution in [0.15, 0.2) is 39.5 Å². The number of rotatable bonds is 4. The van der Waals surface area contributed by atoms with Crippen LogP contribution in [0.25, 0.3) is 0 Å². The molecular formula is C14H15BrO2S. The van der Waals surface area contributed by atoms with E-state index in [9.17, 15) is 5.11 Å². The van der Waals surface area contributed by atoms with Crippen LogP contribution in [-0.4, -0.2) is 11.2 Å². The highest BCUT2D eigenvalue weighted by Gasteiger charge is 2.13. The number of hydrogen-bond acceptors (Lipinski definition) is 3. The molecule has 0 aliphatic carbocycles. The molecule has 0 aliphatic heterocycles. The Morgan fingerprint density at radius 1 is 1.22 bits per heavy atom. The van der Waals surface area contributed by atoms with Crippen molar-refractivity contribution in [2.24, 2.45) is 0 Å². The Balaban J connectivity index is 2.22. The van der Waals surface area contributed by atoms with Crippen LogP contribution < -0.4 is 4.74 Å². The zero-order valence-electron chi connectivity index (χ0n) is 10.3. The van der Waals surface area contributed by atoms with Crippen molar-refractivity contribution >= 4 is 27.3 Å². The van der Waals surface area contributed by atoms with Crippen LogP contribution >= 0.6 is 27.3 Å². The van der Waals surface area contributed by atoms with Crippen molar-refractivity contribution in [3.05, 3.63) is 50.6 Å². The molecule has 1 heterocycles. The number of benzene rings is 1. The molecule has 1 aromatic heterocycles. The summed E-state index contributed by atoms with van der Waals surface area (Å²) in [7, 11) is 0. The lowest BCUT2D eigenvalue weighted by Crippen LogP contribution is -2.06. The predicted octanol–water partition coefficient (Wildman–Crippen LogP) is 4.38. The van der Waals surface area contributed by atoms with Crippen molar-refractivity contribution in [3.63, 3.8) is 0 Å². The molecule has 0 fully saturated rings. The van der Waals surface area contributed by atoms with Crippen molar-refractivity contribution in [2.45, 2.75) is 26.1 Å². The molecule has 1 N–H and O–H groups in total. The van der Waals surface area contributed by atoms with Crippen molar-refractivity contribution in [1.29, 1.82) is 0 Å².